The first-order valence-electron chi connectivity index (χ1n) is 8.88. The fraction of sp³-hybridized carbons (Fsp3) is 0.217. The van der Waals surface area contributed by atoms with Crippen LogP contribution in [-0.4, -0.2) is 15.2 Å². The third-order valence-corrected chi connectivity index (χ3v) is 9.51. The van der Waals surface area contributed by atoms with Gasteiger partial charge in [-0.25, -0.2) is 0 Å². The van der Waals surface area contributed by atoms with Gasteiger partial charge in [0.15, 0.2) is 0 Å². The second kappa shape index (κ2) is 5.89. The maximum absolute atomic E-state index is 5.83. The van der Waals surface area contributed by atoms with Gasteiger partial charge in [-0.05, 0) is 39.9 Å². The zero-order valence-corrected chi connectivity index (χ0v) is 16.3. The van der Waals surface area contributed by atoms with E-state index in [0.717, 1.165) is 5.75 Å². The van der Waals surface area contributed by atoms with Crippen LogP contribution in [0.2, 0.25) is 13.1 Å². The van der Waals surface area contributed by atoms with E-state index in [9.17, 15) is 0 Å². The molecule has 4 rings (SSSR count). The maximum Gasteiger partial charge on any atom is 0.121 e. The predicted molar refractivity (Wildman–Crippen MR) is 109 cm³/mol. The standard InChI is InChI=1S/C23H24OSi/c1-16-10-9-15-21(22(16)24-2)25(3,4)23-19-13-7-5-11-17(19)18-12-6-8-14-20(18)23/h5-15,23H,1-4H3. The van der Waals surface area contributed by atoms with E-state index >= 15 is 0 Å². The molecule has 0 radical (unpaired) electrons. The van der Waals surface area contributed by atoms with Crippen LogP contribution in [0.3, 0.4) is 0 Å². The van der Waals surface area contributed by atoms with E-state index in [0.29, 0.717) is 5.54 Å². The average molecular weight is 345 g/mol. The average Bonchev–Trinajstić information content (AvgIpc) is 2.96. The largest absolute Gasteiger partial charge is 0.497 e. The highest BCUT2D eigenvalue weighted by atomic mass is 28.3. The first-order valence-corrected chi connectivity index (χ1v) is 12.0. The van der Waals surface area contributed by atoms with Gasteiger partial charge in [-0.15, -0.1) is 0 Å². The van der Waals surface area contributed by atoms with Crippen LogP contribution in [0.1, 0.15) is 22.2 Å². The minimum absolute atomic E-state index is 0.454. The maximum atomic E-state index is 5.83. The molecule has 0 saturated heterocycles. The molecule has 0 fully saturated rings. The van der Waals surface area contributed by atoms with E-state index < -0.39 is 8.07 Å². The Morgan fingerprint density at radius 3 is 1.88 bits per heavy atom. The quantitative estimate of drug-likeness (QED) is 0.588. The van der Waals surface area contributed by atoms with Crippen LogP contribution in [0.4, 0.5) is 0 Å². The van der Waals surface area contributed by atoms with Crippen molar-refractivity contribution in [1.82, 2.24) is 0 Å². The first kappa shape index (κ1) is 16.2. The molecule has 0 amide bonds. The summed E-state index contributed by atoms with van der Waals surface area (Å²) in [5.74, 6) is 1.07. The number of benzene rings is 3. The monoisotopic (exact) mass is 344 g/mol. The molecule has 0 saturated carbocycles. The Morgan fingerprint density at radius 2 is 1.32 bits per heavy atom. The van der Waals surface area contributed by atoms with Gasteiger partial charge >= 0.3 is 0 Å². The molecule has 0 heterocycles. The van der Waals surface area contributed by atoms with E-state index in [1.165, 1.54) is 33.0 Å². The van der Waals surface area contributed by atoms with Gasteiger partial charge in [0.25, 0.3) is 0 Å². The van der Waals surface area contributed by atoms with Crippen molar-refractivity contribution in [2.75, 3.05) is 7.11 Å². The molecule has 3 aromatic carbocycles. The van der Waals surface area contributed by atoms with Gasteiger partial charge in [0.05, 0.1) is 15.2 Å². The van der Waals surface area contributed by atoms with Crippen molar-refractivity contribution < 1.29 is 4.74 Å². The molecular weight excluding hydrogens is 320 g/mol. The van der Waals surface area contributed by atoms with E-state index in [4.69, 9.17) is 4.74 Å². The molecule has 0 unspecified atom stereocenters. The summed E-state index contributed by atoms with van der Waals surface area (Å²) in [6.45, 7) is 7.10. The summed E-state index contributed by atoms with van der Waals surface area (Å²) in [5, 5.41) is 1.41. The van der Waals surface area contributed by atoms with Gasteiger partial charge in [-0.1, -0.05) is 79.8 Å². The predicted octanol–water partition coefficient (Wildman–Crippen LogP) is 5.27. The number of hydrogen-bond donors (Lipinski definition) is 0. The molecule has 126 valence electrons. The van der Waals surface area contributed by atoms with Crippen LogP contribution in [0.15, 0.2) is 66.7 Å². The molecular formula is C23H24OSi. The zero-order valence-electron chi connectivity index (χ0n) is 15.3. The molecule has 25 heavy (non-hydrogen) atoms. The molecule has 1 aliphatic carbocycles. The van der Waals surface area contributed by atoms with Crippen LogP contribution >= 0.6 is 0 Å². The number of methoxy groups -OCH3 is 1. The number of rotatable bonds is 3. The van der Waals surface area contributed by atoms with E-state index in [1.54, 1.807) is 7.11 Å². The number of hydrogen-bond acceptors (Lipinski definition) is 1. The van der Waals surface area contributed by atoms with Gasteiger partial charge in [-0.3, -0.25) is 0 Å². The molecule has 1 nitrogen and oxygen atoms in total. The molecule has 1 aliphatic rings. The number of aryl methyl sites for hydroxylation is 1. The third-order valence-electron chi connectivity index (χ3n) is 5.67. The fourth-order valence-electron chi connectivity index (χ4n) is 4.52. The Bertz CT molecular complexity index is 897. The van der Waals surface area contributed by atoms with Gasteiger partial charge < -0.3 is 4.74 Å². The number of para-hydroxylation sites is 1. The van der Waals surface area contributed by atoms with Crippen LogP contribution in [0.5, 0.6) is 5.75 Å². The summed E-state index contributed by atoms with van der Waals surface area (Å²) in [5.41, 5.74) is 7.43. The summed E-state index contributed by atoms with van der Waals surface area (Å²) >= 11 is 0. The number of fused-ring (bicyclic) bond motifs is 3. The van der Waals surface area contributed by atoms with Crippen molar-refractivity contribution in [1.29, 1.82) is 0 Å². The molecule has 0 aromatic heterocycles. The highest BCUT2D eigenvalue weighted by Gasteiger charge is 2.43. The van der Waals surface area contributed by atoms with Crippen LogP contribution in [-0.2, 0) is 0 Å². The van der Waals surface area contributed by atoms with Crippen molar-refractivity contribution in [2.45, 2.75) is 25.6 Å². The molecule has 3 aromatic rings. The Hall–Kier alpha value is -2.32. The second-order valence-corrected chi connectivity index (χ2v) is 12.0. The van der Waals surface area contributed by atoms with Crippen molar-refractivity contribution in [3.63, 3.8) is 0 Å². The highest BCUT2D eigenvalue weighted by Crippen LogP contribution is 2.49. The molecule has 0 aliphatic heterocycles. The van der Waals surface area contributed by atoms with Crippen molar-refractivity contribution in [2.24, 2.45) is 0 Å². The Labute approximate surface area is 151 Å². The summed E-state index contributed by atoms with van der Waals surface area (Å²) in [4.78, 5) is 0. The Balaban J connectivity index is 1.97. The van der Waals surface area contributed by atoms with Gasteiger partial charge in [0.1, 0.15) is 5.75 Å². The lowest BCUT2D eigenvalue weighted by Gasteiger charge is -2.33. The molecule has 0 atom stereocenters. The summed E-state index contributed by atoms with van der Waals surface area (Å²) in [6.07, 6.45) is 0. The highest BCUT2D eigenvalue weighted by molar-refractivity contribution is 6.92. The topological polar surface area (TPSA) is 9.23 Å². The lowest BCUT2D eigenvalue weighted by atomic mass is 10.1. The normalized spacial score (nSPS) is 13.4. The SMILES string of the molecule is COc1c(C)cccc1[Si](C)(C)C1c2ccccc2-c2ccccc21. The first-order chi connectivity index (χ1) is 12.1. The van der Waals surface area contributed by atoms with Crippen LogP contribution in [0, 0.1) is 6.92 Å². The van der Waals surface area contributed by atoms with Crippen molar-refractivity contribution >= 4 is 13.3 Å². The molecule has 0 N–H and O–H groups in total. The lowest BCUT2D eigenvalue weighted by Crippen LogP contribution is -2.48. The summed E-state index contributed by atoms with van der Waals surface area (Å²) in [7, 11) is -0.0723. The van der Waals surface area contributed by atoms with Crippen molar-refractivity contribution in [3.05, 3.63) is 83.4 Å². The Morgan fingerprint density at radius 1 is 0.760 bits per heavy atom. The molecule has 2 heteroatoms. The molecule has 0 bridgehead atoms. The third kappa shape index (κ3) is 2.36. The zero-order chi connectivity index (χ0) is 17.6. The van der Waals surface area contributed by atoms with Crippen LogP contribution < -0.4 is 9.92 Å². The smallest absolute Gasteiger partial charge is 0.121 e. The van der Waals surface area contributed by atoms with E-state index in [2.05, 4.69) is 86.7 Å². The van der Waals surface area contributed by atoms with Gasteiger partial charge in [0.2, 0.25) is 0 Å². The van der Waals surface area contributed by atoms with Gasteiger partial charge in [0, 0.05) is 5.54 Å². The fourth-order valence-corrected chi connectivity index (χ4v) is 8.30. The summed E-state index contributed by atoms with van der Waals surface area (Å²) in [6, 6.07) is 24.4. The minimum atomic E-state index is -1.87. The van der Waals surface area contributed by atoms with Crippen molar-refractivity contribution in [3.8, 4) is 16.9 Å². The Kier molecular flexibility index (Phi) is 3.81. The van der Waals surface area contributed by atoms with E-state index in [-0.39, 0.29) is 0 Å². The number of ether oxygens (including phenoxy) is 1. The summed E-state index contributed by atoms with van der Waals surface area (Å²) < 4.78 is 5.83. The van der Waals surface area contributed by atoms with Gasteiger partial charge in [-0.2, -0.15) is 0 Å². The molecule has 0 spiro atoms. The second-order valence-electron chi connectivity index (χ2n) is 7.48. The van der Waals surface area contributed by atoms with Crippen LogP contribution in [0.25, 0.3) is 11.1 Å². The van der Waals surface area contributed by atoms with E-state index in [1.807, 2.05) is 0 Å². The minimum Gasteiger partial charge on any atom is -0.497 e. The lowest BCUT2D eigenvalue weighted by molar-refractivity contribution is 0.414.